The van der Waals surface area contributed by atoms with Crippen molar-refractivity contribution in [3.63, 3.8) is 0 Å². The second-order valence-corrected chi connectivity index (χ2v) is 9.56. The van der Waals surface area contributed by atoms with Crippen molar-refractivity contribution in [2.75, 3.05) is 10.5 Å². The SMILES string of the molecule is Cc1ccc(C(=O)CSc2nnc(-c3ccc(NS(=O)(=O)c4ccccc4)cc3)o2)cc1. The van der Waals surface area contributed by atoms with Crippen molar-refractivity contribution < 1.29 is 17.6 Å². The Bertz CT molecular complexity index is 1320. The van der Waals surface area contributed by atoms with Crippen LogP contribution in [0.3, 0.4) is 0 Å². The lowest BCUT2D eigenvalue weighted by Crippen LogP contribution is -2.12. The summed E-state index contributed by atoms with van der Waals surface area (Å²) in [6, 6.07) is 22.1. The highest BCUT2D eigenvalue weighted by Gasteiger charge is 2.15. The van der Waals surface area contributed by atoms with Crippen LogP contribution in [0.1, 0.15) is 15.9 Å². The molecule has 0 unspecified atom stereocenters. The number of nitrogens with one attached hydrogen (secondary N) is 1. The Labute approximate surface area is 189 Å². The van der Waals surface area contributed by atoms with E-state index in [1.54, 1.807) is 54.6 Å². The summed E-state index contributed by atoms with van der Waals surface area (Å²) in [5.74, 6) is 0.447. The van der Waals surface area contributed by atoms with Crippen LogP contribution in [-0.4, -0.2) is 30.2 Å². The normalized spacial score (nSPS) is 11.3. The maximum absolute atomic E-state index is 12.4. The predicted octanol–water partition coefficient (Wildman–Crippen LogP) is 4.82. The van der Waals surface area contributed by atoms with Gasteiger partial charge in [-0.3, -0.25) is 9.52 Å². The van der Waals surface area contributed by atoms with Crippen molar-refractivity contribution in [1.29, 1.82) is 0 Å². The Morgan fingerprint density at radius 3 is 2.31 bits per heavy atom. The van der Waals surface area contributed by atoms with Crippen molar-refractivity contribution in [1.82, 2.24) is 10.2 Å². The molecule has 9 heteroatoms. The molecule has 4 aromatic rings. The van der Waals surface area contributed by atoms with Gasteiger partial charge < -0.3 is 4.42 Å². The quantitative estimate of drug-likeness (QED) is 0.294. The molecule has 0 amide bonds. The first-order valence-corrected chi connectivity index (χ1v) is 12.1. The van der Waals surface area contributed by atoms with Gasteiger partial charge in [0.15, 0.2) is 5.78 Å². The van der Waals surface area contributed by atoms with Crippen molar-refractivity contribution >= 4 is 33.3 Å². The van der Waals surface area contributed by atoms with Gasteiger partial charge in [0.2, 0.25) is 5.89 Å². The highest BCUT2D eigenvalue weighted by atomic mass is 32.2. The summed E-state index contributed by atoms with van der Waals surface area (Å²) < 4.78 is 33.0. The number of benzene rings is 3. The maximum Gasteiger partial charge on any atom is 0.277 e. The van der Waals surface area contributed by atoms with Crippen LogP contribution in [0.4, 0.5) is 5.69 Å². The van der Waals surface area contributed by atoms with E-state index in [0.717, 1.165) is 5.56 Å². The fourth-order valence-electron chi connectivity index (χ4n) is 2.83. The number of ketones is 1. The molecule has 1 heterocycles. The summed E-state index contributed by atoms with van der Waals surface area (Å²) >= 11 is 1.17. The smallest absolute Gasteiger partial charge is 0.277 e. The van der Waals surface area contributed by atoms with Crippen LogP contribution in [0.5, 0.6) is 0 Å². The Morgan fingerprint density at radius 1 is 0.938 bits per heavy atom. The van der Waals surface area contributed by atoms with E-state index < -0.39 is 10.0 Å². The topological polar surface area (TPSA) is 102 Å². The van der Waals surface area contributed by atoms with Crippen LogP contribution in [0.15, 0.2) is 93.4 Å². The number of sulfonamides is 1. The maximum atomic E-state index is 12.4. The Balaban J connectivity index is 1.39. The molecule has 0 aliphatic heterocycles. The average Bonchev–Trinajstić information content (AvgIpc) is 3.28. The van der Waals surface area contributed by atoms with E-state index >= 15 is 0 Å². The number of aromatic nitrogens is 2. The fourth-order valence-corrected chi connectivity index (χ4v) is 4.57. The number of thioether (sulfide) groups is 1. The second kappa shape index (κ2) is 9.37. The minimum atomic E-state index is -3.66. The molecule has 3 aromatic carbocycles. The molecular weight excluding hydrogens is 446 g/mol. The first-order chi connectivity index (χ1) is 15.4. The Kier molecular flexibility index (Phi) is 6.38. The fraction of sp³-hybridized carbons (Fsp3) is 0.0870. The lowest BCUT2D eigenvalue weighted by atomic mass is 10.1. The van der Waals surface area contributed by atoms with Crippen molar-refractivity contribution in [3.05, 3.63) is 90.0 Å². The third-order valence-electron chi connectivity index (χ3n) is 4.54. The Morgan fingerprint density at radius 2 is 1.62 bits per heavy atom. The van der Waals surface area contributed by atoms with Crippen LogP contribution < -0.4 is 4.72 Å². The van der Waals surface area contributed by atoms with E-state index in [9.17, 15) is 13.2 Å². The molecule has 0 radical (unpaired) electrons. The molecule has 32 heavy (non-hydrogen) atoms. The van der Waals surface area contributed by atoms with Gasteiger partial charge in [-0.05, 0) is 43.3 Å². The number of aryl methyl sites for hydroxylation is 1. The Hall–Kier alpha value is -3.43. The summed E-state index contributed by atoms with van der Waals surface area (Å²) in [7, 11) is -3.66. The van der Waals surface area contributed by atoms with Gasteiger partial charge in [0.25, 0.3) is 15.2 Å². The van der Waals surface area contributed by atoms with Crippen LogP contribution in [0.2, 0.25) is 0 Å². The van der Waals surface area contributed by atoms with E-state index in [1.165, 1.54) is 23.9 Å². The number of hydrogen-bond donors (Lipinski definition) is 1. The van der Waals surface area contributed by atoms with Crippen LogP contribution >= 0.6 is 11.8 Å². The molecule has 0 bridgehead atoms. The zero-order valence-corrected chi connectivity index (χ0v) is 18.7. The molecule has 7 nitrogen and oxygen atoms in total. The summed E-state index contributed by atoms with van der Waals surface area (Å²) in [5, 5.41) is 8.28. The third-order valence-corrected chi connectivity index (χ3v) is 6.76. The molecule has 0 saturated carbocycles. The van der Waals surface area contributed by atoms with Crippen LogP contribution in [-0.2, 0) is 10.0 Å². The number of carbonyl (C=O) groups is 1. The number of nitrogens with zero attached hydrogens (tertiary/aromatic N) is 2. The molecule has 0 spiro atoms. The van der Waals surface area contributed by atoms with Gasteiger partial charge in [0.1, 0.15) is 0 Å². The summed E-state index contributed by atoms with van der Waals surface area (Å²) in [6.07, 6.45) is 0. The van der Waals surface area contributed by atoms with E-state index in [4.69, 9.17) is 4.42 Å². The largest absolute Gasteiger partial charge is 0.411 e. The summed E-state index contributed by atoms with van der Waals surface area (Å²) in [4.78, 5) is 12.5. The van der Waals surface area contributed by atoms with E-state index in [2.05, 4.69) is 14.9 Å². The van der Waals surface area contributed by atoms with E-state index in [-0.39, 0.29) is 27.5 Å². The standard InChI is InChI=1S/C23H19N3O4S2/c1-16-7-9-17(10-8-16)21(27)15-31-23-25-24-22(30-23)18-11-13-19(14-12-18)26-32(28,29)20-5-3-2-4-6-20/h2-14,26H,15H2,1H3. The van der Waals surface area contributed by atoms with Gasteiger partial charge in [0, 0.05) is 16.8 Å². The average molecular weight is 466 g/mol. The van der Waals surface area contributed by atoms with Gasteiger partial charge in [-0.2, -0.15) is 0 Å². The van der Waals surface area contributed by atoms with Gasteiger partial charge in [-0.25, -0.2) is 8.42 Å². The number of rotatable bonds is 8. The zero-order chi connectivity index (χ0) is 22.6. The van der Waals surface area contributed by atoms with Gasteiger partial charge in [0.05, 0.1) is 10.6 Å². The molecule has 0 saturated heterocycles. The third kappa shape index (κ3) is 5.24. The minimum absolute atomic E-state index is 0.0233. The number of Topliss-reactive ketones (excluding diaryl/α,β-unsaturated/α-hetero) is 1. The van der Waals surface area contributed by atoms with Crippen LogP contribution in [0.25, 0.3) is 11.5 Å². The van der Waals surface area contributed by atoms with Crippen molar-refractivity contribution in [2.45, 2.75) is 17.0 Å². The van der Waals surface area contributed by atoms with E-state index in [1.807, 2.05) is 19.1 Å². The zero-order valence-electron chi connectivity index (χ0n) is 17.1. The van der Waals surface area contributed by atoms with Gasteiger partial charge in [-0.15, -0.1) is 10.2 Å². The second-order valence-electron chi connectivity index (χ2n) is 6.95. The molecule has 162 valence electrons. The molecule has 4 rings (SSSR count). The molecule has 0 aliphatic carbocycles. The molecule has 1 N–H and O–H groups in total. The van der Waals surface area contributed by atoms with E-state index in [0.29, 0.717) is 16.8 Å². The summed E-state index contributed by atoms with van der Waals surface area (Å²) in [6.45, 7) is 1.97. The van der Waals surface area contributed by atoms with Gasteiger partial charge in [-0.1, -0.05) is 59.8 Å². The highest BCUT2D eigenvalue weighted by Crippen LogP contribution is 2.25. The first kappa shape index (κ1) is 21.8. The lowest BCUT2D eigenvalue weighted by Gasteiger charge is -2.08. The highest BCUT2D eigenvalue weighted by molar-refractivity contribution is 7.99. The van der Waals surface area contributed by atoms with Gasteiger partial charge >= 0.3 is 0 Å². The molecular formula is C23H19N3O4S2. The first-order valence-electron chi connectivity index (χ1n) is 9.65. The van der Waals surface area contributed by atoms with Crippen molar-refractivity contribution in [3.8, 4) is 11.5 Å². The monoisotopic (exact) mass is 465 g/mol. The molecule has 1 aromatic heterocycles. The minimum Gasteiger partial charge on any atom is -0.411 e. The summed E-state index contributed by atoms with van der Waals surface area (Å²) in [5.41, 5.74) is 2.78. The number of carbonyl (C=O) groups excluding carboxylic acids is 1. The molecule has 0 aliphatic rings. The van der Waals surface area contributed by atoms with Crippen LogP contribution in [0, 0.1) is 6.92 Å². The molecule has 0 atom stereocenters. The number of hydrogen-bond acceptors (Lipinski definition) is 7. The predicted molar refractivity (Wildman–Crippen MR) is 123 cm³/mol. The lowest BCUT2D eigenvalue weighted by molar-refractivity contribution is 0.102. The molecule has 0 fully saturated rings. The number of anilines is 1. The van der Waals surface area contributed by atoms with Crippen molar-refractivity contribution in [2.24, 2.45) is 0 Å².